The van der Waals surface area contributed by atoms with E-state index < -0.39 is 0 Å². The number of carbonyl (C=O) groups is 1. The summed E-state index contributed by atoms with van der Waals surface area (Å²) in [7, 11) is 1.41. The second-order valence-corrected chi connectivity index (χ2v) is 4.44. The summed E-state index contributed by atoms with van der Waals surface area (Å²) < 4.78 is 15.9. The first-order valence-corrected chi connectivity index (χ1v) is 6.17. The summed E-state index contributed by atoms with van der Waals surface area (Å²) in [6.45, 7) is 3.35. The molecular weight excluding hydrogens is 232 g/mol. The van der Waals surface area contributed by atoms with E-state index in [9.17, 15) is 4.79 Å². The summed E-state index contributed by atoms with van der Waals surface area (Å²) >= 11 is 0. The minimum absolute atomic E-state index is 0.106. The summed E-state index contributed by atoms with van der Waals surface area (Å²) in [5.74, 6) is 1.45. The zero-order chi connectivity index (χ0) is 13.0. The van der Waals surface area contributed by atoms with Crippen LogP contribution in [0.15, 0.2) is 18.2 Å². The van der Waals surface area contributed by atoms with Gasteiger partial charge in [0.1, 0.15) is 0 Å². The molecule has 1 aromatic rings. The first-order valence-electron chi connectivity index (χ1n) is 6.17. The third-order valence-electron chi connectivity index (χ3n) is 3.04. The van der Waals surface area contributed by atoms with Crippen LogP contribution >= 0.6 is 0 Å². The van der Waals surface area contributed by atoms with E-state index in [0.29, 0.717) is 19.6 Å². The maximum Gasteiger partial charge on any atom is 0.306 e. The minimum atomic E-state index is -0.199. The number of carbonyl (C=O) groups excluding carboxylic acids is 1. The maximum absolute atomic E-state index is 11.3. The zero-order valence-electron chi connectivity index (χ0n) is 10.8. The first-order chi connectivity index (χ1) is 8.70. The van der Waals surface area contributed by atoms with Gasteiger partial charge in [-0.3, -0.25) is 4.79 Å². The molecule has 0 N–H and O–H groups in total. The average molecular weight is 250 g/mol. The molecule has 18 heavy (non-hydrogen) atoms. The highest BCUT2D eigenvalue weighted by Crippen LogP contribution is 2.33. The molecule has 0 radical (unpaired) electrons. The predicted molar refractivity (Wildman–Crippen MR) is 67.1 cm³/mol. The SMILES string of the molecule is COC(=O)CC(C)c1ccc2c(c1)OCCCO2. The maximum atomic E-state index is 11.3. The van der Waals surface area contributed by atoms with Crippen LogP contribution in [0.4, 0.5) is 0 Å². The Balaban J connectivity index is 2.14. The van der Waals surface area contributed by atoms with Gasteiger partial charge in [0.15, 0.2) is 11.5 Å². The van der Waals surface area contributed by atoms with Crippen LogP contribution in [0.5, 0.6) is 11.5 Å². The summed E-state index contributed by atoms with van der Waals surface area (Å²) in [6, 6.07) is 5.83. The van der Waals surface area contributed by atoms with Gasteiger partial charge in [-0.05, 0) is 23.6 Å². The van der Waals surface area contributed by atoms with Gasteiger partial charge in [-0.25, -0.2) is 0 Å². The molecule has 0 saturated carbocycles. The van der Waals surface area contributed by atoms with Gasteiger partial charge in [-0.2, -0.15) is 0 Å². The number of benzene rings is 1. The molecule has 98 valence electrons. The summed E-state index contributed by atoms with van der Waals surface area (Å²) in [4.78, 5) is 11.3. The Bertz CT molecular complexity index is 428. The first kappa shape index (κ1) is 12.7. The van der Waals surface area contributed by atoms with Crippen molar-refractivity contribution in [3.63, 3.8) is 0 Å². The van der Waals surface area contributed by atoms with Crippen LogP contribution in [0, 0.1) is 0 Å². The van der Waals surface area contributed by atoms with Crippen LogP contribution in [0.25, 0.3) is 0 Å². The Kier molecular flexibility index (Phi) is 4.07. The van der Waals surface area contributed by atoms with Crippen molar-refractivity contribution in [2.24, 2.45) is 0 Å². The van der Waals surface area contributed by atoms with E-state index in [1.54, 1.807) is 0 Å². The van der Waals surface area contributed by atoms with Crippen molar-refractivity contribution in [3.05, 3.63) is 23.8 Å². The molecule has 1 unspecified atom stereocenters. The lowest BCUT2D eigenvalue weighted by atomic mass is 9.97. The fourth-order valence-corrected chi connectivity index (χ4v) is 1.94. The highest BCUT2D eigenvalue weighted by Gasteiger charge is 2.16. The largest absolute Gasteiger partial charge is 0.490 e. The van der Waals surface area contributed by atoms with Gasteiger partial charge in [0.05, 0.1) is 26.7 Å². The van der Waals surface area contributed by atoms with Crippen LogP contribution in [-0.4, -0.2) is 26.3 Å². The molecule has 0 bridgehead atoms. The highest BCUT2D eigenvalue weighted by atomic mass is 16.5. The number of hydrogen-bond donors (Lipinski definition) is 0. The van der Waals surface area contributed by atoms with Crippen molar-refractivity contribution in [3.8, 4) is 11.5 Å². The lowest BCUT2D eigenvalue weighted by molar-refractivity contribution is -0.140. The van der Waals surface area contributed by atoms with Gasteiger partial charge in [0.2, 0.25) is 0 Å². The molecule has 4 heteroatoms. The van der Waals surface area contributed by atoms with Gasteiger partial charge in [0.25, 0.3) is 0 Å². The van der Waals surface area contributed by atoms with Crippen LogP contribution in [0.2, 0.25) is 0 Å². The molecule has 0 aliphatic carbocycles. The summed E-state index contributed by atoms with van der Waals surface area (Å²) in [5, 5.41) is 0. The van der Waals surface area contributed by atoms with E-state index in [2.05, 4.69) is 4.74 Å². The molecule has 1 heterocycles. The Morgan fingerprint density at radius 2 is 2.06 bits per heavy atom. The van der Waals surface area contributed by atoms with Crippen LogP contribution in [-0.2, 0) is 9.53 Å². The van der Waals surface area contributed by atoms with Crippen LogP contribution in [0.1, 0.15) is 31.2 Å². The van der Waals surface area contributed by atoms with Gasteiger partial charge in [-0.1, -0.05) is 13.0 Å². The van der Waals surface area contributed by atoms with Crippen molar-refractivity contribution in [2.75, 3.05) is 20.3 Å². The smallest absolute Gasteiger partial charge is 0.306 e. The third kappa shape index (κ3) is 2.94. The number of methoxy groups -OCH3 is 1. The fraction of sp³-hybridized carbons (Fsp3) is 0.500. The quantitative estimate of drug-likeness (QED) is 0.773. The minimum Gasteiger partial charge on any atom is -0.490 e. The molecule has 1 aliphatic heterocycles. The van der Waals surface area contributed by atoms with Gasteiger partial charge < -0.3 is 14.2 Å². The molecule has 0 aromatic heterocycles. The Morgan fingerprint density at radius 3 is 2.78 bits per heavy atom. The van der Waals surface area contributed by atoms with Crippen LogP contribution in [0.3, 0.4) is 0 Å². The monoisotopic (exact) mass is 250 g/mol. The number of rotatable bonds is 3. The Hall–Kier alpha value is -1.71. The molecule has 0 amide bonds. The molecule has 0 spiro atoms. The Labute approximate surface area is 107 Å². The van der Waals surface area contributed by atoms with E-state index in [1.165, 1.54) is 7.11 Å². The molecule has 0 fully saturated rings. The number of hydrogen-bond acceptors (Lipinski definition) is 4. The predicted octanol–water partition coefficient (Wildman–Crippen LogP) is 2.51. The van der Waals surface area contributed by atoms with E-state index in [-0.39, 0.29) is 11.9 Å². The van der Waals surface area contributed by atoms with Crippen LogP contribution < -0.4 is 9.47 Å². The highest BCUT2D eigenvalue weighted by molar-refractivity contribution is 5.70. The molecule has 1 atom stereocenters. The lowest BCUT2D eigenvalue weighted by Gasteiger charge is -2.13. The van der Waals surface area contributed by atoms with Gasteiger partial charge >= 0.3 is 5.97 Å². The van der Waals surface area contributed by atoms with E-state index in [1.807, 2.05) is 25.1 Å². The number of ether oxygens (including phenoxy) is 3. The molecular formula is C14H18O4. The van der Waals surface area contributed by atoms with Gasteiger partial charge in [-0.15, -0.1) is 0 Å². The standard InChI is InChI=1S/C14H18O4/c1-10(8-14(15)16-2)11-4-5-12-13(9-11)18-7-3-6-17-12/h4-5,9-10H,3,6-8H2,1-2H3. The summed E-state index contributed by atoms with van der Waals surface area (Å²) in [6.07, 6.45) is 1.26. The Morgan fingerprint density at radius 1 is 1.33 bits per heavy atom. The van der Waals surface area contributed by atoms with E-state index in [0.717, 1.165) is 23.5 Å². The third-order valence-corrected chi connectivity index (χ3v) is 3.04. The second kappa shape index (κ2) is 5.76. The second-order valence-electron chi connectivity index (χ2n) is 4.44. The van der Waals surface area contributed by atoms with E-state index >= 15 is 0 Å². The van der Waals surface area contributed by atoms with Crippen molar-refractivity contribution in [1.29, 1.82) is 0 Å². The van der Waals surface area contributed by atoms with Crippen molar-refractivity contribution in [2.45, 2.75) is 25.7 Å². The molecule has 4 nitrogen and oxygen atoms in total. The number of fused-ring (bicyclic) bond motifs is 1. The summed E-state index contributed by atoms with van der Waals surface area (Å²) in [5.41, 5.74) is 1.06. The normalized spacial score (nSPS) is 15.7. The molecule has 1 aliphatic rings. The van der Waals surface area contributed by atoms with Crippen molar-refractivity contribution >= 4 is 5.97 Å². The molecule has 1 aromatic carbocycles. The lowest BCUT2D eigenvalue weighted by Crippen LogP contribution is -2.06. The fourth-order valence-electron chi connectivity index (χ4n) is 1.94. The average Bonchev–Trinajstić information content (AvgIpc) is 2.62. The molecule has 0 saturated heterocycles. The topological polar surface area (TPSA) is 44.8 Å². The van der Waals surface area contributed by atoms with Crippen molar-refractivity contribution in [1.82, 2.24) is 0 Å². The molecule has 2 rings (SSSR count). The number of esters is 1. The van der Waals surface area contributed by atoms with Crippen molar-refractivity contribution < 1.29 is 19.0 Å². The van der Waals surface area contributed by atoms with Gasteiger partial charge in [0, 0.05) is 6.42 Å². The zero-order valence-corrected chi connectivity index (χ0v) is 10.8. The van der Waals surface area contributed by atoms with E-state index in [4.69, 9.17) is 9.47 Å².